The molecule has 4 N–H and O–H groups in total. The van der Waals surface area contributed by atoms with Crippen LogP contribution in [0.25, 0.3) is 11.2 Å². The summed E-state index contributed by atoms with van der Waals surface area (Å²) in [6.07, 6.45) is -2.42. The highest BCUT2D eigenvalue weighted by Gasteiger charge is 2.52. The van der Waals surface area contributed by atoms with E-state index in [1.165, 1.54) is 10.9 Å². The second-order valence-electron chi connectivity index (χ2n) is 5.09. The number of halogens is 1. The summed E-state index contributed by atoms with van der Waals surface area (Å²) in [6, 6.07) is 0. The number of fused-ring (bicyclic) bond motifs is 2. The van der Waals surface area contributed by atoms with Crippen LogP contribution in [0.3, 0.4) is 0 Å². The van der Waals surface area contributed by atoms with Crippen molar-refractivity contribution in [1.29, 1.82) is 0 Å². The molecular formula is C10H11BrN5O6P. The van der Waals surface area contributed by atoms with Crippen molar-refractivity contribution in [1.82, 2.24) is 19.5 Å². The maximum absolute atomic E-state index is 11.5. The number of phosphoric acid groups is 1. The van der Waals surface area contributed by atoms with Gasteiger partial charge in [-0.15, -0.1) is 0 Å². The van der Waals surface area contributed by atoms with Gasteiger partial charge in [-0.1, -0.05) is 0 Å². The number of nitrogen functional groups attached to an aromatic ring is 1. The van der Waals surface area contributed by atoms with Gasteiger partial charge in [-0.25, -0.2) is 19.5 Å². The van der Waals surface area contributed by atoms with E-state index in [0.29, 0.717) is 11.2 Å². The summed E-state index contributed by atoms with van der Waals surface area (Å²) in [5.74, 6) is 0.171. The van der Waals surface area contributed by atoms with E-state index in [4.69, 9.17) is 19.5 Å². The molecule has 0 aliphatic carbocycles. The van der Waals surface area contributed by atoms with Gasteiger partial charge in [-0.2, -0.15) is 0 Å². The van der Waals surface area contributed by atoms with Gasteiger partial charge in [0.25, 0.3) is 0 Å². The molecule has 5 atom stereocenters. The standard InChI is InChI=1S/C10H11BrN5O6P/c11-10-14-7(12)4-8(15-10)16(2-13-4)9-5(17)6-3(21-9)1-20-23(18,19)22-6/h2-3,5-6,9,17H,1H2,(H,18,19)(H2,12,14,15)/t3-,5-,6-,9-/m1/s1. The normalized spacial score (nSPS) is 37.2. The maximum atomic E-state index is 11.5. The summed E-state index contributed by atoms with van der Waals surface area (Å²) in [6.45, 7) is -0.167. The van der Waals surface area contributed by atoms with E-state index in [2.05, 4.69) is 30.9 Å². The number of imidazole rings is 1. The Morgan fingerprint density at radius 3 is 3.04 bits per heavy atom. The van der Waals surface area contributed by atoms with Gasteiger partial charge in [0.15, 0.2) is 17.7 Å². The Morgan fingerprint density at radius 1 is 1.48 bits per heavy atom. The predicted octanol–water partition coefficient (Wildman–Crippen LogP) is -0.0549. The fourth-order valence-electron chi connectivity index (χ4n) is 2.66. The highest BCUT2D eigenvalue weighted by atomic mass is 79.9. The SMILES string of the molecule is Nc1nc(Br)nc2c1ncn2[C@@H]1O[C@@H]2COP(=O)(O)O[C@H]2[C@H]1O. The van der Waals surface area contributed by atoms with Crippen LogP contribution >= 0.6 is 23.8 Å². The summed E-state index contributed by atoms with van der Waals surface area (Å²) in [5, 5.41) is 10.4. The van der Waals surface area contributed by atoms with Gasteiger partial charge in [0, 0.05) is 0 Å². The fourth-order valence-corrected chi connectivity index (χ4v) is 3.99. The molecule has 2 aliphatic rings. The van der Waals surface area contributed by atoms with E-state index < -0.39 is 32.4 Å². The lowest BCUT2D eigenvalue weighted by Gasteiger charge is -2.27. The summed E-state index contributed by atoms with van der Waals surface area (Å²) in [5.41, 5.74) is 6.48. The molecule has 13 heteroatoms. The van der Waals surface area contributed by atoms with E-state index in [1.807, 2.05) is 0 Å². The van der Waals surface area contributed by atoms with Crippen LogP contribution in [0.5, 0.6) is 0 Å². The number of aliphatic hydroxyl groups excluding tert-OH is 1. The number of anilines is 1. The lowest BCUT2D eigenvalue weighted by molar-refractivity contribution is -0.0664. The molecule has 0 amide bonds. The van der Waals surface area contributed by atoms with Crippen LogP contribution in [0.2, 0.25) is 0 Å². The van der Waals surface area contributed by atoms with Crippen LogP contribution in [0.1, 0.15) is 6.23 Å². The van der Waals surface area contributed by atoms with Crippen LogP contribution in [0.4, 0.5) is 5.82 Å². The third-order valence-electron chi connectivity index (χ3n) is 3.66. The monoisotopic (exact) mass is 407 g/mol. The molecule has 124 valence electrons. The Hall–Kier alpha value is -1.14. The minimum Gasteiger partial charge on any atom is -0.386 e. The number of aliphatic hydroxyl groups is 1. The van der Waals surface area contributed by atoms with Gasteiger partial charge < -0.3 is 20.5 Å². The molecule has 11 nitrogen and oxygen atoms in total. The second kappa shape index (κ2) is 5.18. The number of ether oxygens (including phenoxy) is 1. The number of aromatic nitrogens is 4. The summed E-state index contributed by atoms with van der Waals surface area (Å²) >= 11 is 3.14. The molecule has 0 aromatic carbocycles. The van der Waals surface area contributed by atoms with Crippen LogP contribution in [0, 0.1) is 0 Å². The molecule has 4 heterocycles. The van der Waals surface area contributed by atoms with Gasteiger partial charge in [-0.05, 0) is 15.9 Å². The molecule has 2 aromatic heterocycles. The van der Waals surface area contributed by atoms with Crippen molar-refractivity contribution in [2.24, 2.45) is 0 Å². The van der Waals surface area contributed by atoms with Crippen LogP contribution in [-0.4, -0.2) is 54.4 Å². The number of hydrogen-bond acceptors (Lipinski definition) is 9. The average Bonchev–Trinajstić information content (AvgIpc) is 3.00. The van der Waals surface area contributed by atoms with Crippen molar-refractivity contribution in [3.63, 3.8) is 0 Å². The van der Waals surface area contributed by atoms with Crippen molar-refractivity contribution < 1.29 is 28.3 Å². The van der Waals surface area contributed by atoms with E-state index in [9.17, 15) is 14.6 Å². The van der Waals surface area contributed by atoms with Crippen molar-refractivity contribution in [3.8, 4) is 0 Å². The van der Waals surface area contributed by atoms with E-state index >= 15 is 0 Å². The smallest absolute Gasteiger partial charge is 0.386 e. The molecule has 2 aromatic rings. The van der Waals surface area contributed by atoms with E-state index in [1.54, 1.807) is 0 Å². The van der Waals surface area contributed by atoms with Crippen LogP contribution in [-0.2, 0) is 18.3 Å². The molecule has 2 saturated heterocycles. The first-order chi connectivity index (χ1) is 10.9. The Morgan fingerprint density at radius 2 is 2.26 bits per heavy atom. The lowest BCUT2D eigenvalue weighted by Crippen LogP contribution is -2.39. The number of hydrogen-bond donors (Lipinski definition) is 3. The Balaban J connectivity index is 1.73. The average molecular weight is 408 g/mol. The molecule has 0 spiro atoms. The van der Waals surface area contributed by atoms with E-state index in [-0.39, 0.29) is 17.2 Å². The van der Waals surface area contributed by atoms with Gasteiger partial charge in [0.05, 0.1) is 12.9 Å². The molecule has 0 bridgehead atoms. The van der Waals surface area contributed by atoms with Crippen LogP contribution in [0.15, 0.2) is 11.1 Å². The predicted molar refractivity (Wildman–Crippen MR) is 78.0 cm³/mol. The minimum atomic E-state index is -4.18. The topological polar surface area (TPSA) is 155 Å². The van der Waals surface area contributed by atoms with Crippen molar-refractivity contribution in [2.45, 2.75) is 24.5 Å². The number of nitrogens with zero attached hydrogens (tertiary/aromatic N) is 4. The summed E-state index contributed by atoms with van der Waals surface area (Å²) < 4.78 is 28.5. The van der Waals surface area contributed by atoms with Gasteiger partial charge in [-0.3, -0.25) is 13.6 Å². The lowest BCUT2D eigenvalue weighted by atomic mass is 10.1. The van der Waals surface area contributed by atoms with Gasteiger partial charge in [0.1, 0.15) is 23.8 Å². The fraction of sp³-hybridized carbons (Fsp3) is 0.500. The quantitative estimate of drug-likeness (QED) is 0.432. The Labute approximate surface area is 137 Å². The molecule has 0 radical (unpaired) electrons. The molecule has 4 rings (SSSR count). The summed E-state index contributed by atoms with van der Waals surface area (Å²) in [4.78, 5) is 21.6. The zero-order valence-electron chi connectivity index (χ0n) is 11.3. The number of rotatable bonds is 1. The highest BCUT2D eigenvalue weighted by molar-refractivity contribution is 9.10. The summed E-state index contributed by atoms with van der Waals surface area (Å²) in [7, 11) is -4.18. The largest absolute Gasteiger partial charge is 0.472 e. The first kappa shape index (κ1) is 15.4. The third kappa shape index (κ3) is 2.47. The molecule has 2 aliphatic heterocycles. The number of nitrogens with two attached hydrogens (primary N) is 1. The zero-order valence-corrected chi connectivity index (χ0v) is 13.8. The zero-order chi connectivity index (χ0) is 16.4. The van der Waals surface area contributed by atoms with E-state index in [0.717, 1.165) is 0 Å². The first-order valence-corrected chi connectivity index (χ1v) is 8.79. The van der Waals surface area contributed by atoms with Gasteiger partial charge in [0.2, 0.25) is 4.73 Å². The molecule has 23 heavy (non-hydrogen) atoms. The van der Waals surface area contributed by atoms with Crippen LogP contribution < -0.4 is 5.73 Å². The molecule has 1 unspecified atom stereocenters. The van der Waals surface area contributed by atoms with Gasteiger partial charge >= 0.3 is 7.82 Å². The first-order valence-electron chi connectivity index (χ1n) is 6.50. The Kier molecular flexibility index (Phi) is 3.47. The van der Waals surface area contributed by atoms with Crippen molar-refractivity contribution in [2.75, 3.05) is 12.3 Å². The van der Waals surface area contributed by atoms with Crippen molar-refractivity contribution in [3.05, 3.63) is 11.1 Å². The molecular weight excluding hydrogens is 397 g/mol. The molecule has 0 saturated carbocycles. The van der Waals surface area contributed by atoms with Crippen molar-refractivity contribution >= 4 is 40.7 Å². The third-order valence-corrected chi connectivity index (χ3v) is 5.00. The minimum absolute atomic E-state index is 0.167. The second-order valence-corrected chi connectivity index (χ2v) is 7.21. The highest BCUT2D eigenvalue weighted by Crippen LogP contribution is 2.52. The molecule has 2 fully saturated rings. The number of phosphoric ester groups is 1. The maximum Gasteiger partial charge on any atom is 0.472 e. The Bertz CT molecular complexity index is 831.